The van der Waals surface area contributed by atoms with Gasteiger partial charge in [-0.3, -0.25) is 0 Å². The molecule has 0 bridgehead atoms. The molecule has 0 amide bonds. The average molecular weight is 280 g/mol. The normalized spacial score (nSPS) is 11.0. The molecule has 1 aromatic heterocycles. The van der Waals surface area contributed by atoms with Crippen LogP contribution in [0.2, 0.25) is 5.02 Å². The molecule has 13 heavy (non-hydrogen) atoms. The summed E-state index contributed by atoms with van der Waals surface area (Å²) in [6.07, 6.45) is 0. The van der Waals surface area contributed by atoms with Crippen LogP contribution in [-0.4, -0.2) is 0 Å². The molecule has 0 aliphatic rings. The van der Waals surface area contributed by atoms with Gasteiger partial charge in [0.25, 0.3) is 0 Å². The second kappa shape index (κ2) is 3.56. The first-order valence-corrected chi connectivity index (χ1v) is 5.97. The van der Waals surface area contributed by atoms with E-state index in [9.17, 15) is 4.39 Å². The first-order valence-electron chi connectivity index (χ1n) is 3.65. The number of rotatable bonds is 1. The minimum absolute atomic E-state index is 0.239. The maximum atomic E-state index is 13.1. The van der Waals surface area contributed by atoms with Crippen LogP contribution in [0, 0.1) is 5.13 Å². The van der Waals surface area contributed by atoms with Crippen molar-refractivity contribution in [2.45, 2.75) is 5.33 Å². The molecule has 1 aromatic carbocycles. The number of benzene rings is 1. The highest BCUT2D eigenvalue weighted by atomic mass is 79.9. The van der Waals surface area contributed by atoms with Gasteiger partial charge in [-0.1, -0.05) is 45.7 Å². The number of alkyl halides is 1. The smallest absolute Gasteiger partial charge is 0.193 e. The third kappa shape index (κ3) is 1.49. The third-order valence-corrected chi connectivity index (χ3v) is 4.00. The zero-order valence-electron chi connectivity index (χ0n) is 6.48. The predicted molar refractivity (Wildman–Crippen MR) is 59.4 cm³/mol. The van der Waals surface area contributed by atoms with Crippen molar-refractivity contribution in [2.75, 3.05) is 0 Å². The number of hydrogen-bond donors (Lipinski definition) is 0. The number of thiophene rings is 1. The Kier molecular flexibility index (Phi) is 2.58. The third-order valence-electron chi connectivity index (χ3n) is 1.84. The molecule has 1 heterocycles. The number of halogens is 3. The fourth-order valence-electron chi connectivity index (χ4n) is 1.22. The van der Waals surface area contributed by atoms with Gasteiger partial charge in [0.1, 0.15) is 0 Å². The van der Waals surface area contributed by atoms with E-state index in [0.717, 1.165) is 32.3 Å². The van der Waals surface area contributed by atoms with Gasteiger partial charge >= 0.3 is 0 Å². The Balaban J connectivity index is 2.84. The van der Waals surface area contributed by atoms with Crippen molar-refractivity contribution in [2.24, 2.45) is 0 Å². The Morgan fingerprint density at radius 2 is 2.23 bits per heavy atom. The van der Waals surface area contributed by atoms with Crippen LogP contribution in [0.1, 0.15) is 5.56 Å². The first-order chi connectivity index (χ1) is 6.24. The van der Waals surface area contributed by atoms with Crippen LogP contribution >= 0.6 is 38.9 Å². The van der Waals surface area contributed by atoms with Crippen LogP contribution in [0.3, 0.4) is 0 Å². The van der Waals surface area contributed by atoms with E-state index in [4.69, 9.17) is 11.6 Å². The minimum Gasteiger partial charge on any atom is -0.193 e. The monoisotopic (exact) mass is 278 g/mol. The molecule has 0 fully saturated rings. The highest BCUT2D eigenvalue weighted by Gasteiger charge is 2.11. The molecule has 0 saturated carbocycles. The van der Waals surface area contributed by atoms with Crippen LogP contribution in [0.5, 0.6) is 0 Å². The van der Waals surface area contributed by atoms with Crippen molar-refractivity contribution in [3.63, 3.8) is 0 Å². The van der Waals surface area contributed by atoms with Gasteiger partial charge < -0.3 is 0 Å². The molecule has 0 N–H and O–H groups in total. The SMILES string of the molecule is Fc1sc2c(CBr)cccc2c1Cl. The Bertz CT molecular complexity index is 452. The number of hydrogen-bond acceptors (Lipinski definition) is 1. The molecule has 0 saturated heterocycles. The Morgan fingerprint density at radius 1 is 1.46 bits per heavy atom. The summed E-state index contributed by atoms with van der Waals surface area (Å²) in [5, 5.41) is 1.47. The highest BCUT2D eigenvalue weighted by molar-refractivity contribution is 9.08. The van der Waals surface area contributed by atoms with Crippen LogP contribution in [-0.2, 0) is 5.33 Å². The molecule has 0 atom stereocenters. The quantitative estimate of drug-likeness (QED) is 0.670. The van der Waals surface area contributed by atoms with Gasteiger partial charge in [0.05, 0.1) is 5.02 Å². The van der Waals surface area contributed by atoms with Crippen LogP contribution in [0.15, 0.2) is 18.2 Å². The van der Waals surface area contributed by atoms with E-state index in [1.165, 1.54) is 0 Å². The van der Waals surface area contributed by atoms with Crippen molar-refractivity contribution in [3.8, 4) is 0 Å². The molecule has 0 aliphatic carbocycles. The molecule has 2 aromatic rings. The highest BCUT2D eigenvalue weighted by Crippen LogP contribution is 2.36. The molecule has 4 heteroatoms. The average Bonchev–Trinajstić information content (AvgIpc) is 2.43. The lowest BCUT2D eigenvalue weighted by atomic mass is 10.2. The predicted octanol–water partition coefficient (Wildman–Crippen LogP) is 4.59. The van der Waals surface area contributed by atoms with Crippen LogP contribution in [0.4, 0.5) is 4.39 Å². The first kappa shape index (κ1) is 9.44. The van der Waals surface area contributed by atoms with Gasteiger partial charge in [-0.2, -0.15) is 4.39 Å². The van der Waals surface area contributed by atoms with Crippen LogP contribution in [0.25, 0.3) is 10.1 Å². The minimum atomic E-state index is -0.301. The van der Waals surface area contributed by atoms with E-state index in [-0.39, 0.29) is 10.2 Å². The summed E-state index contributed by atoms with van der Waals surface area (Å²) < 4.78 is 14.1. The van der Waals surface area contributed by atoms with E-state index in [2.05, 4.69) is 15.9 Å². The molecular weight excluding hydrogens is 275 g/mol. The zero-order valence-corrected chi connectivity index (χ0v) is 9.64. The second-order valence-electron chi connectivity index (χ2n) is 2.62. The fraction of sp³-hybridized carbons (Fsp3) is 0.111. The maximum absolute atomic E-state index is 13.1. The lowest BCUT2D eigenvalue weighted by molar-refractivity contribution is 0.658. The topological polar surface area (TPSA) is 0 Å². The lowest BCUT2D eigenvalue weighted by Crippen LogP contribution is -1.75. The summed E-state index contributed by atoms with van der Waals surface area (Å²) in [5.74, 6) is 0. The molecule has 2 rings (SSSR count). The standard InChI is InChI=1S/C9H5BrClFS/c10-4-5-2-1-3-6-7(11)9(12)13-8(5)6/h1-3H,4H2. The Hall–Kier alpha value is -0.120. The van der Waals surface area contributed by atoms with E-state index < -0.39 is 0 Å². The van der Waals surface area contributed by atoms with Crippen molar-refractivity contribution in [1.29, 1.82) is 0 Å². The van der Waals surface area contributed by atoms with Gasteiger partial charge in [0, 0.05) is 15.4 Å². The van der Waals surface area contributed by atoms with Gasteiger partial charge in [0.15, 0.2) is 5.13 Å². The molecule has 0 radical (unpaired) electrons. The van der Waals surface area contributed by atoms with E-state index in [1.807, 2.05) is 18.2 Å². The van der Waals surface area contributed by atoms with Gasteiger partial charge in [0.2, 0.25) is 0 Å². The zero-order chi connectivity index (χ0) is 9.42. The lowest BCUT2D eigenvalue weighted by Gasteiger charge is -1.95. The Morgan fingerprint density at radius 3 is 2.92 bits per heavy atom. The molecule has 0 spiro atoms. The van der Waals surface area contributed by atoms with Crippen molar-refractivity contribution in [1.82, 2.24) is 0 Å². The van der Waals surface area contributed by atoms with Gasteiger partial charge in [-0.05, 0) is 5.56 Å². The fourth-order valence-corrected chi connectivity index (χ4v) is 3.14. The summed E-state index contributed by atoms with van der Waals surface area (Å²) in [6.45, 7) is 0. The summed E-state index contributed by atoms with van der Waals surface area (Å²) in [5.41, 5.74) is 1.08. The van der Waals surface area contributed by atoms with E-state index >= 15 is 0 Å². The largest absolute Gasteiger partial charge is 0.196 e. The molecule has 68 valence electrons. The van der Waals surface area contributed by atoms with E-state index in [1.54, 1.807) is 0 Å². The summed E-state index contributed by atoms with van der Waals surface area (Å²) in [7, 11) is 0. The molecule has 0 unspecified atom stereocenters. The van der Waals surface area contributed by atoms with Crippen molar-refractivity contribution >= 4 is 49.0 Å². The van der Waals surface area contributed by atoms with Crippen molar-refractivity contribution in [3.05, 3.63) is 33.9 Å². The summed E-state index contributed by atoms with van der Waals surface area (Å²) in [6, 6.07) is 5.68. The van der Waals surface area contributed by atoms with Gasteiger partial charge in [-0.15, -0.1) is 11.3 Å². The molecular formula is C9H5BrClFS. The molecule has 0 aliphatic heterocycles. The summed E-state index contributed by atoms with van der Waals surface area (Å²) in [4.78, 5) is 0. The van der Waals surface area contributed by atoms with Gasteiger partial charge in [-0.25, -0.2) is 0 Å². The van der Waals surface area contributed by atoms with Crippen molar-refractivity contribution < 1.29 is 4.39 Å². The van der Waals surface area contributed by atoms with Crippen LogP contribution < -0.4 is 0 Å². The van der Waals surface area contributed by atoms with E-state index in [0.29, 0.717) is 0 Å². The number of fused-ring (bicyclic) bond motifs is 1. The maximum Gasteiger partial charge on any atom is 0.196 e. The second-order valence-corrected chi connectivity index (χ2v) is 4.53. The Labute approximate surface area is 92.5 Å². The summed E-state index contributed by atoms with van der Waals surface area (Å²) >= 11 is 10.2. The molecule has 0 nitrogen and oxygen atoms in total.